The lowest BCUT2D eigenvalue weighted by Crippen LogP contribution is -1.96. The number of rotatable bonds is 6. The van der Waals surface area contributed by atoms with Gasteiger partial charge in [-0.15, -0.1) is 11.3 Å². The standard InChI is InChI=1S/C53H33N3S/c1-4-15-34(16-5-1)35-27-29-37(30-28-35)47-33-46(36-17-6-2-7-18-36)55-53(56-47)40-22-14-21-39(31-40)43-32-44-49(50-42-24-11-13-26-48(42)57-52(43)50)41-23-10-12-25-45(41)54-51(44)38-19-8-3-9-20-38/h1-33H. The molecule has 0 saturated carbocycles. The number of hydrogen-bond acceptors (Lipinski definition) is 4. The molecule has 0 N–H and O–H groups in total. The van der Waals surface area contributed by atoms with E-state index in [0.29, 0.717) is 5.82 Å². The highest BCUT2D eigenvalue weighted by Crippen LogP contribution is 2.48. The molecule has 0 aliphatic carbocycles. The van der Waals surface area contributed by atoms with Crippen LogP contribution >= 0.6 is 11.3 Å². The minimum absolute atomic E-state index is 0.686. The van der Waals surface area contributed by atoms with Crippen LogP contribution in [-0.4, -0.2) is 15.0 Å². The Labute approximate surface area is 334 Å². The van der Waals surface area contributed by atoms with Crippen molar-refractivity contribution < 1.29 is 0 Å². The number of pyridine rings is 1. The molecule has 0 aliphatic heterocycles. The average Bonchev–Trinajstić information content (AvgIpc) is 3.69. The van der Waals surface area contributed by atoms with Crippen LogP contribution < -0.4 is 0 Å². The summed E-state index contributed by atoms with van der Waals surface area (Å²) >= 11 is 1.86. The first-order valence-electron chi connectivity index (χ1n) is 19.2. The molecule has 0 spiro atoms. The van der Waals surface area contributed by atoms with Gasteiger partial charge in [-0.1, -0.05) is 170 Å². The predicted molar refractivity (Wildman–Crippen MR) is 240 cm³/mol. The molecule has 4 heteroatoms. The van der Waals surface area contributed by atoms with Crippen molar-refractivity contribution in [2.24, 2.45) is 0 Å². The van der Waals surface area contributed by atoms with Crippen molar-refractivity contribution in [3.8, 4) is 67.4 Å². The van der Waals surface area contributed by atoms with Crippen LogP contribution in [0.4, 0.5) is 0 Å². The normalized spacial score (nSPS) is 11.5. The highest BCUT2D eigenvalue weighted by Gasteiger charge is 2.21. The Morgan fingerprint density at radius 2 is 0.877 bits per heavy atom. The van der Waals surface area contributed by atoms with Crippen LogP contribution in [0, 0.1) is 0 Å². The average molecular weight is 744 g/mol. The number of nitrogens with zero attached hydrogens (tertiary/aromatic N) is 3. The second-order valence-electron chi connectivity index (χ2n) is 14.3. The van der Waals surface area contributed by atoms with Crippen LogP contribution in [0.1, 0.15) is 0 Å². The second-order valence-corrected chi connectivity index (χ2v) is 15.4. The fraction of sp³-hybridized carbons (Fsp3) is 0. The third kappa shape index (κ3) is 5.86. The van der Waals surface area contributed by atoms with Crippen molar-refractivity contribution in [1.29, 1.82) is 0 Å². The first kappa shape index (κ1) is 33.1. The Morgan fingerprint density at radius 1 is 0.333 bits per heavy atom. The topological polar surface area (TPSA) is 38.7 Å². The molecule has 3 heterocycles. The van der Waals surface area contributed by atoms with Gasteiger partial charge in [0.2, 0.25) is 0 Å². The first-order valence-corrected chi connectivity index (χ1v) is 20.0. The molecule has 0 aliphatic rings. The maximum atomic E-state index is 5.33. The van der Waals surface area contributed by atoms with Gasteiger partial charge in [0.05, 0.1) is 22.6 Å². The summed E-state index contributed by atoms with van der Waals surface area (Å²) in [6, 6.07) is 70.7. The lowest BCUT2D eigenvalue weighted by molar-refractivity contribution is 1.18. The molecule has 0 fully saturated rings. The molecule has 0 bridgehead atoms. The molecule has 0 saturated heterocycles. The van der Waals surface area contributed by atoms with E-state index >= 15 is 0 Å². The van der Waals surface area contributed by atoms with Gasteiger partial charge in [-0.3, -0.25) is 0 Å². The Morgan fingerprint density at radius 3 is 1.61 bits per heavy atom. The highest BCUT2D eigenvalue weighted by molar-refractivity contribution is 7.26. The Kier molecular flexibility index (Phi) is 8.01. The lowest BCUT2D eigenvalue weighted by atomic mass is 9.91. The number of para-hydroxylation sites is 1. The maximum absolute atomic E-state index is 5.33. The van der Waals surface area contributed by atoms with Crippen LogP contribution in [0.25, 0.3) is 109 Å². The minimum Gasteiger partial charge on any atom is -0.247 e. The quantitative estimate of drug-likeness (QED) is 0.159. The van der Waals surface area contributed by atoms with Crippen molar-refractivity contribution in [2.75, 3.05) is 0 Å². The van der Waals surface area contributed by atoms with Crippen molar-refractivity contribution in [1.82, 2.24) is 15.0 Å². The number of aromatic nitrogens is 3. The van der Waals surface area contributed by atoms with Gasteiger partial charge in [-0.25, -0.2) is 15.0 Å². The van der Waals surface area contributed by atoms with Crippen LogP contribution in [-0.2, 0) is 0 Å². The van der Waals surface area contributed by atoms with Crippen molar-refractivity contribution in [3.63, 3.8) is 0 Å². The van der Waals surface area contributed by atoms with Gasteiger partial charge < -0.3 is 0 Å². The molecule has 0 unspecified atom stereocenters. The van der Waals surface area contributed by atoms with E-state index < -0.39 is 0 Å². The van der Waals surface area contributed by atoms with E-state index in [1.165, 1.54) is 42.2 Å². The molecule has 266 valence electrons. The maximum Gasteiger partial charge on any atom is 0.160 e. The molecule has 57 heavy (non-hydrogen) atoms. The largest absolute Gasteiger partial charge is 0.247 e. The van der Waals surface area contributed by atoms with Crippen LogP contribution in [0.2, 0.25) is 0 Å². The van der Waals surface area contributed by atoms with Gasteiger partial charge >= 0.3 is 0 Å². The van der Waals surface area contributed by atoms with E-state index in [-0.39, 0.29) is 0 Å². The summed E-state index contributed by atoms with van der Waals surface area (Å²) in [6.07, 6.45) is 0. The molecule has 11 rings (SSSR count). The summed E-state index contributed by atoms with van der Waals surface area (Å²) in [5.41, 5.74) is 12.5. The number of fused-ring (bicyclic) bond motifs is 7. The zero-order valence-electron chi connectivity index (χ0n) is 30.8. The molecule has 11 aromatic rings. The van der Waals surface area contributed by atoms with Crippen LogP contribution in [0.5, 0.6) is 0 Å². The Bertz CT molecular complexity index is 3260. The Balaban J connectivity index is 1.13. The van der Waals surface area contributed by atoms with Crippen LogP contribution in [0.15, 0.2) is 200 Å². The monoisotopic (exact) mass is 743 g/mol. The zero-order chi connectivity index (χ0) is 37.7. The van der Waals surface area contributed by atoms with Gasteiger partial charge in [0, 0.05) is 64.1 Å². The number of hydrogen-bond donors (Lipinski definition) is 0. The highest BCUT2D eigenvalue weighted by atomic mass is 32.1. The van der Waals surface area contributed by atoms with Gasteiger partial charge in [-0.05, 0) is 47.0 Å². The van der Waals surface area contributed by atoms with Gasteiger partial charge in [-0.2, -0.15) is 0 Å². The van der Waals surface area contributed by atoms with E-state index in [4.69, 9.17) is 15.0 Å². The summed E-state index contributed by atoms with van der Waals surface area (Å²) in [5, 5.41) is 6.08. The fourth-order valence-corrected chi connectivity index (χ4v) is 9.38. The third-order valence-corrected chi connectivity index (χ3v) is 12.1. The molecule has 3 nitrogen and oxygen atoms in total. The van der Waals surface area contributed by atoms with E-state index in [9.17, 15) is 0 Å². The molecule has 0 atom stereocenters. The molecule has 0 radical (unpaired) electrons. The number of thiophene rings is 1. The van der Waals surface area contributed by atoms with Crippen LogP contribution in [0.3, 0.4) is 0 Å². The second kappa shape index (κ2) is 13.8. The Hall–Kier alpha value is -7.27. The summed E-state index contributed by atoms with van der Waals surface area (Å²) in [6.45, 7) is 0. The number of benzene rings is 8. The van der Waals surface area contributed by atoms with Gasteiger partial charge in [0.1, 0.15) is 0 Å². The van der Waals surface area contributed by atoms with E-state index in [0.717, 1.165) is 61.2 Å². The van der Waals surface area contributed by atoms with E-state index in [2.05, 4.69) is 188 Å². The molecule has 8 aromatic carbocycles. The van der Waals surface area contributed by atoms with Gasteiger partial charge in [0.25, 0.3) is 0 Å². The SMILES string of the molecule is c1ccc(-c2ccc(-c3cc(-c4ccccc4)nc(-c4cccc(-c5cc6c(-c7ccccc7)nc7ccccc7c6c6c5sc5ccccc56)c4)n3)cc2)cc1. The summed E-state index contributed by atoms with van der Waals surface area (Å²) in [4.78, 5) is 15.8. The molecular formula is C53H33N3S. The van der Waals surface area contributed by atoms with Crippen molar-refractivity contribution in [3.05, 3.63) is 200 Å². The molecular weight excluding hydrogens is 711 g/mol. The summed E-state index contributed by atoms with van der Waals surface area (Å²) in [5.74, 6) is 0.686. The summed E-state index contributed by atoms with van der Waals surface area (Å²) < 4.78 is 2.52. The first-order chi connectivity index (χ1) is 28.2. The molecule has 0 amide bonds. The minimum atomic E-state index is 0.686. The van der Waals surface area contributed by atoms with E-state index in [1.807, 2.05) is 23.5 Å². The van der Waals surface area contributed by atoms with Crippen molar-refractivity contribution in [2.45, 2.75) is 0 Å². The van der Waals surface area contributed by atoms with Gasteiger partial charge in [0.15, 0.2) is 5.82 Å². The summed E-state index contributed by atoms with van der Waals surface area (Å²) in [7, 11) is 0. The zero-order valence-corrected chi connectivity index (χ0v) is 31.6. The lowest BCUT2D eigenvalue weighted by Gasteiger charge is -2.15. The van der Waals surface area contributed by atoms with Crippen molar-refractivity contribution >= 4 is 53.2 Å². The third-order valence-electron chi connectivity index (χ3n) is 10.9. The fourth-order valence-electron chi connectivity index (χ4n) is 8.13. The van der Waals surface area contributed by atoms with E-state index in [1.54, 1.807) is 0 Å². The molecule has 3 aromatic heterocycles. The predicted octanol–water partition coefficient (Wildman–Crippen LogP) is 14.5. The smallest absolute Gasteiger partial charge is 0.160 e.